The zero-order valence-corrected chi connectivity index (χ0v) is 11.5. The van der Waals surface area contributed by atoms with Gasteiger partial charge in [0.15, 0.2) is 5.89 Å². The molecular weight excluding hydrogens is 268 g/mol. The largest absolute Gasteiger partial charge is 0.449 e. The number of anilines is 1. The summed E-state index contributed by atoms with van der Waals surface area (Å²) in [5.41, 5.74) is 2.54. The fourth-order valence-corrected chi connectivity index (χ4v) is 2.29. The Kier molecular flexibility index (Phi) is 2.57. The van der Waals surface area contributed by atoms with Crippen molar-refractivity contribution in [1.29, 1.82) is 0 Å². The molecule has 3 aromatic heterocycles. The van der Waals surface area contributed by atoms with Crippen molar-refractivity contribution in [2.75, 3.05) is 5.32 Å². The maximum Gasteiger partial charge on any atom is 0.228 e. The smallest absolute Gasteiger partial charge is 0.228 e. The second kappa shape index (κ2) is 4.44. The minimum absolute atomic E-state index is 0.0563. The molecular formula is C15H14N4O2. The number of nitrogens with one attached hydrogen (secondary N) is 2. The van der Waals surface area contributed by atoms with Crippen LogP contribution in [0.25, 0.3) is 22.3 Å². The number of amides is 1. The molecule has 0 spiro atoms. The van der Waals surface area contributed by atoms with Crippen molar-refractivity contribution in [2.45, 2.75) is 19.8 Å². The van der Waals surface area contributed by atoms with Crippen LogP contribution in [-0.2, 0) is 4.79 Å². The van der Waals surface area contributed by atoms with Crippen molar-refractivity contribution in [3.8, 4) is 11.4 Å². The number of carbonyl (C=O) groups excluding carboxylic acids is 1. The number of aromatic amines is 1. The normalized spacial score (nSPS) is 14.5. The van der Waals surface area contributed by atoms with E-state index in [1.807, 2.05) is 12.1 Å². The SMILES string of the molecule is Cc1nc(-c2cc3cnc(NC(=O)C4CC4)cc3[nH]2)co1. The highest BCUT2D eigenvalue weighted by Crippen LogP contribution is 2.30. The zero-order chi connectivity index (χ0) is 14.4. The molecule has 0 atom stereocenters. The van der Waals surface area contributed by atoms with E-state index in [-0.39, 0.29) is 11.8 Å². The molecule has 0 aliphatic heterocycles. The van der Waals surface area contributed by atoms with Gasteiger partial charge < -0.3 is 14.7 Å². The van der Waals surface area contributed by atoms with Crippen LogP contribution in [0.1, 0.15) is 18.7 Å². The van der Waals surface area contributed by atoms with Crippen LogP contribution in [0.5, 0.6) is 0 Å². The summed E-state index contributed by atoms with van der Waals surface area (Å²) in [4.78, 5) is 23.6. The number of aromatic nitrogens is 3. The summed E-state index contributed by atoms with van der Waals surface area (Å²) in [5, 5.41) is 3.81. The molecule has 6 nitrogen and oxygen atoms in total. The van der Waals surface area contributed by atoms with Crippen LogP contribution in [0.3, 0.4) is 0 Å². The van der Waals surface area contributed by atoms with Gasteiger partial charge >= 0.3 is 0 Å². The van der Waals surface area contributed by atoms with Crippen LogP contribution in [0, 0.1) is 12.8 Å². The van der Waals surface area contributed by atoms with Gasteiger partial charge in [-0.15, -0.1) is 0 Å². The maximum absolute atomic E-state index is 11.8. The second-order valence-electron chi connectivity index (χ2n) is 5.36. The predicted molar refractivity (Wildman–Crippen MR) is 77.7 cm³/mol. The van der Waals surface area contributed by atoms with Crippen LogP contribution >= 0.6 is 0 Å². The van der Waals surface area contributed by atoms with E-state index in [1.54, 1.807) is 19.4 Å². The monoisotopic (exact) mass is 282 g/mol. The summed E-state index contributed by atoms with van der Waals surface area (Å²) in [6.45, 7) is 1.80. The molecule has 1 saturated carbocycles. The van der Waals surface area contributed by atoms with E-state index in [9.17, 15) is 4.79 Å². The number of hydrogen-bond donors (Lipinski definition) is 2. The van der Waals surface area contributed by atoms with Gasteiger partial charge in [0.2, 0.25) is 5.91 Å². The van der Waals surface area contributed by atoms with Crippen LogP contribution in [-0.4, -0.2) is 20.9 Å². The highest BCUT2D eigenvalue weighted by Gasteiger charge is 2.29. The van der Waals surface area contributed by atoms with Gasteiger partial charge in [0.1, 0.15) is 17.8 Å². The van der Waals surface area contributed by atoms with Crippen molar-refractivity contribution in [3.63, 3.8) is 0 Å². The Morgan fingerprint density at radius 1 is 1.43 bits per heavy atom. The van der Waals surface area contributed by atoms with Gasteiger partial charge in [-0.25, -0.2) is 9.97 Å². The van der Waals surface area contributed by atoms with Crippen molar-refractivity contribution in [3.05, 3.63) is 30.5 Å². The highest BCUT2D eigenvalue weighted by molar-refractivity contribution is 5.95. The Hall–Kier alpha value is -2.63. The zero-order valence-electron chi connectivity index (χ0n) is 11.5. The van der Waals surface area contributed by atoms with Crippen LogP contribution in [0.2, 0.25) is 0 Å². The van der Waals surface area contributed by atoms with E-state index in [0.717, 1.165) is 35.1 Å². The third-order valence-electron chi connectivity index (χ3n) is 3.60. The first kappa shape index (κ1) is 12.1. The van der Waals surface area contributed by atoms with E-state index in [4.69, 9.17) is 4.42 Å². The fourth-order valence-electron chi connectivity index (χ4n) is 2.29. The molecule has 0 bridgehead atoms. The first-order chi connectivity index (χ1) is 10.2. The average molecular weight is 282 g/mol. The maximum atomic E-state index is 11.8. The van der Waals surface area contributed by atoms with E-state index in [1.165, 1.54) is 0 Å². The predicted octanol–water partition coefficient (Wildman–Crippen LogP) is 2.87. The third kappa shape index (κ3) is 2.29. The molecule has 3 aromatic rings. The van der Waals surface area contributed by atoms with Crippen molar-refractivity contribution in [2.24, 2.45) is 5.92 Å². The fraction of sp³-hybridized carbons (Fsp3) is 0.267. The Morgan fingerprint density at radius 3 is 3.00 bits per heavy atom. The van der Waals surface area contributed by atoms with Gasteiger partial charge in [-0.1, -0.05) is 0 Å². The summed E-state index contributed by atoms with van der Waals surface area (Å²) in [6, 6.07) is 3.80. The number of rotatable bonds is 3. The summed E-state index contributed by atoms with van der Waals surface area (Å²) in [5.74, 6) is 1.42. The molecule has 2 N–H and O–H groups in total. The number of nitrogens with zero attached hydrogens (tertiary/aromatic N) is 2. The quantitative estimate of drug-likeness (QED) is 0.773. The van der Waals surface area contributed by atoms with Crippen LogP contribution < -0.4 is 5.32 Å². The Morgan fingerprint density at radius 2 is 2.29 bits per heavy atom. The molecule has 0 unspecified atom stereocenters. The first-order valence-corrected chi connectivity index (χ1v) is 6.91. The number of fused-ring (bicyclic) bond motifs is 1. The molecule has 4 rings (SSSR count). The van der Waals surface area contributed by atoms with Gasteiger partial charge in [0.05, 0.1) is 11.2 Å². The highest BCUT2D eigenvalue weighted by atomic mass is 16.3. The van der Waals surface area contributed by atoms with E-state index in [2.05, 4.69) is 20.3 Å². The number of hydrogen-bond acceptors (Lipinski definition) is 4. The molecule has 0 aromatic carbocycles. The Labute approximate surface area is 120 Å². The lowest BCUT2D eigenvalue weighted by atomic mass is 10.3. The van der Waals surface area contributed by atoms with Crippen molar-refractivity contribution >= 4 is 22.6 Å². The minimum atomic E-state index is 0.0563. The van der Waals surface area contributed by atoms with E-state index >= 15 is 0 Å². The minimum Gasteiger partial charge on any atom is -0.449 e. The summed E-state index contributed by atoms with van der Waals surface area (Å²) in [7, 11) is 0. The number of carbonyl (C=O) groups is 1. The summed E-state index contributed by atoms with van der Waals surface area (Å²) in [6.07, 6.45) is 5.31. The van der Waals surface area contributed by atoms with Crippen molar-refractivity contribution in [1.82, 2.24) is 15.0 Å². The standard InChI is InChI=1S/C15H14N4O2/c1-8-17-13(7-21-8)12-4-10-6-16-14(5-11(10)18-12)19-15(20)9-2-3-9/h4-7,9,18H,2-3H2,1H3,(H,16,19,20). The lowest BCUT2D eigenvalue weighted by molar-refractivity contribution is -0.117. The molecule has 1 amide bonds. The van der Waals surface area contributed by atoms with Gasteiger partial charge in [0, 0.05) is 30.5 Å². The summed E-state index contributed by atoms with van der Waals surface area (Å²) >= 11 is 0. The molecule has 1 fully saturated rings. The van der Waals surface area contributed by atoms with Crippen molar-refractivity contribution < 1.29 is 9.21 Å². The Balaban J connectivity index is 1.66. The lowest BCUT2D eigenvalue weighted by Gasteiger charge is -2.02. The number of H-pyrrole nitrogens is 1. The number of oxazole rings is 1. The molecule has 106 valence electrons. The Bertz CT molecular complexity index is 829. The molecule has 21 heavy (non-hydrogen) atoms. The van der Waals surface area contributed by atoms with Gasteiger partial charge in [-0.2, -0.15) is 0 Å². The molecule has 1 aliphatic rings. The number of aryl methyl sites for hydroxylation is 1. The molecule has 0 saturated heterocycles. The average Bonchev–Trinajstić information content (AvgIpc) is 3.10. The molecule has 1 aliphatic carbocycles. The second-order valence-corrected chi connectivity index (χ2v) is 5.36. The van der Waals surface area contributed by atoms with Crippen LogP contribution in [0.4, 0.5) is 5.82 Å². The molecule has 6 heteroatoms. The third-order valence-corrected chi connectivity index (χ3v) is 3.60. The van der Waals surface area contributed by atoms with Gasteiger partial charge in [-0.3, -0.25) is 4.79 Å². The van der Waals surface area contributed by atoms with E-state index in [0.29, 0.717) is 11.7 Å². The molecule has 3 heterocycles. The lowest BCUT2D eigenvalue weighted by Crippen LogP contribution is -2.14. The van der Waals surface area contributed by atoms with E-state index < -0.39 is 0 Å². The first-order valence-electron chi connectivity index (χ1n) is 6.91. The summed E-state index contributed by atoms with van der Waals surface area (Å²) < 4.78 is 5.22. The number of pyridine rings is 1. The van der Waals surface area contributed by atoms with Crippen LogP contribution in [0.15, 0.2) is 29.0 Å². The van der Waals surface area contributed by atoms with Gasteiger partial charge in [-0.05, 0) is 18.9 Å². The van der Waals surface area contributed by atoms with Gasteiger partial charge in [0.25, 0.3) is 0 Å². The topological polar surface area (TPSA) is 83.8 Å². The molecule has 0 radical (unpaired) electrons.